The molecule has 2 rings (SSSR count). The molecule has 0 atom stereocenters. The third-order valence-corrected chi connectivity index (χ3v) is 2.37. The van der Waals surface area contributed by atoms with Crippen LogP contribution >= 0.6 is 11.3 Å². The molecule has 12 heavy (non-hydrogen) atoms. The Morgan fingerprint density at radius 1 is 1.50 bits per heavy atom. The van der Waals surface area contributed by atoms with Gasteiger partial charge in [-0.2, -0.15) is 0 Å². The second-order valence-electron chi connectivity index (χ2n) is 2.12. The van der Waals surface area contributed by atoms with Crippen LogP contribution in [0.25, 0.3) is 10.9 Å². The van der Waals surface area contributed by atoms with Crippen molar-refractivity contribution in [3.63, 3.8) is 0 Å². The van der Waals surface area contributed by atoms with E-state index in [1.54, 1.807) is 12.4 Å². The van der Waals surface area contributed by atoms with Crippen molar-refractivity contribution >= 4 is 16.3 Å². The SMILES string of the molecule is CNc1cnc(-c2ncco2)s1. The molecule has 1 N–H and O–H groups in total. The van der Waals surface area contributed by atoms with E-state index in [2.05, 4.69) is 15.3 Å². The summed E-state index contributed by atoms with van der Waals surface area (Å²) in [6.45, 7) is 0. The van der Waals surface area contributed by atoms with Gasteiger partial charge in [0.25, 0.3) is 5.89 Å². The smallest absolute Gasteiger partial charge is 0.255 e. The molecule has 0 amide bonds. The average molecular weight is 181 g/mol. The Kier molecular flexibility index (Phi) is 1.79. The Labute approximate surface area is 73.3 Å². The zero-order valence-corrected chi connectivity index (χ0v) is 7.26. The van der Waals surface area contributed by atoms with Crippen molar-refractivity contribution in [3.8, 4) is 10.9 Å². The normalized spacial score (nSPS) is 10.1. The highest BCUT2D eigenvalue weighted by Gasteiger charge is 2.06. The van der Waals surface area contributed by atoms with Gasteiger partial charge in [0.1, 0.15) is 11.3 Å². The van der Waals surface area contributed by atoms with Crippen molar-refractivity contribution in [1.29, 1.82) is 0 Å². The molecule has 0 aromatic carbocycles. The van der Waals surface area contributed by atoms with Crippen LogP contribution in [0.3, 0.4) is 0 Å². The molecule has 0 bridgehead atoms. The van der Waals surface area contributed by atoms with Crippen LogP contribution < -0.4 is 5.32 Å². The summed E-state index contributed by atoms with van der Waals surface area (Å²) in [5, 5.41) is 4.79. The van der Waals surface area contributed by atoms with Crippen molar-refractivity contribution in [3.05, 3.63) is 18.7 Å². The third-order valence-electron chi connectivity index (χ3n) is 1.37. The van der Waals surface area contributed by atoms with Crippen molar-refractivity contribution in [1.82, 2.24) is 9.97 Å². The van der Waals surface area contributed by atoms with Crippen LogP contribution in [0, 0.1) is 0 Å². The molecule has 0 saturated heterocycles. The van der Waals surface area contributed by atoms with Crippen LogP contribution in [0.5, 0.6) is 0 Å². The summed E-state index contributed by atoms with van der Waals surface area (Å²) in [6.07, 6.45) is 4.90. The molecule has 0 radical (unpaired) electrons. The molecule has 0 aliphatic rings. The van der Waals surface area contributed by atoms with Gasteiger partial charge in [-0.05, 0) is 0 Å². The lowest BCUT2D eigenvalue weighted by molar-refractivity contribution is 0.574. The minimum Gasteiger partial charge on any atom is -0.443 e. The number of thiazole rings is 1. The highest BCUT2D eigenvalue weighted by Crippen LogP contribution is 2.26. The quantitative estimate of drug-likeness (QED) is 0.768. The first-order chi connectivity index (χ1) is 5.90. The van der Waals surface area contributed by atoms with E-state index in [0.29, 0.717) is 5.89 Å². The van der Waals surface area contributed by atoms with E-state index in [1.807, 2.05) is 7.05 Å². The summed E-state index contributed by atoms with van der Waals surface area (Å²) in [4.78, 5) is 8.12. The first-order valence-electron chi connectivity index (χ1n) is 3.43. The molecular formula is C7H7N3OS. The van der Waals surface area contributed by atoms with E-state index in [1.165, 1.54) is 17.6 Å². The van der Waals surface area contributed by atoms with Crippen LogP contribution in [-0.4, -0.2) is 17.0 Å². The standard InChI is InChI=1S/C7H7N3OS/c1-8-5-4-10-7(12-5)6-9-2-3-11-6/h2-4,8H,1H3. The predicted octanol–water partition coefficient (Wildman–Crippen LogP) is 1.84. The highest BCUT2D eigenvalue weighted by molar-refractivity contribution is 7.18. The number of hydrogen-bond acceptors (Lipinski definition) is 5. The van der Waals surface area contributed by atoms with Crippen molar-refractivity contribution in [2.75, 3.05) is 12.4 Å². The second kappa shape index (κ2) is 2.94. The van der Waals surface area contributed by atoms with Crippen molar-refractivity contribution < 1.29 is 4.42 Å². The number of nitrogens with zero attached hydrogens (tertiary/aromatic N) is 2. The maximum absolute atomic E-state index is 5.09. The number of rotatable bonds is 2. The number of anilines is 1. The van der Waals surface area contributed by atoms with Crippen molar-refractivity contribution in [2.24, 2.45) is 0 Å². The molecule has 0 unspecified atom stereocenters. The van der Waals surface area contributed by atoms with Crippen LogP contribution in [0.1, 0.15) is 0 Å². The Morgan fingerprint density at radius 3 is 3.00 bits per heavy atom. The first-order valence-corrected chi connectivity index (χ1v) is 4.25. The van der Waals surface area contributed by atoms with E-state index in [9.17, 15) is 0 Å². The fourth-order valence-electron chi connectivity index (χ4n) is 0.818. The fourth-order valence-corrected chi connectivity index (χ4v) is 1.53. The summed E-state index contributed by atoms with van der Waals surface area (Å²) in [6, 6.07) is 0. The maximum atomic E-state index is 5.09. The average Bonchev–Trinajstić information content (AvgIpc) is 2.75. The second-order valence-corrected chi connectivity index (χ2v) is 3.15. The lowest BCUT2D eigenvalue weighted by Gasteiger charge is -1.86. The highest BCUT2D eigenvalue weighted by atomic mass is 32.1. The minimum absolute atomic E-state index is 0.571. The van der Waals surface area contributed by atoms with Gasteiger partial charge < -0.3 is 9.73 Å². The maximum Gasteiger partial charge on any atom is 0.255 e. The molecule has 62 valence electrons. The zero-order valence-electron chi connectivity index (χ0n) is 6.44. The Hall–Kier alpha value is -1.36. The number of aromatic nitrogens is 2. The number of nitrogens with one attached hydrogen (secondary N) is 1. The summed E-state index contributed by atoms with van der Waals surface area (Å²) in [5.74, 6) is 0.571. The number of hydrogen-bond donors (Lipinski definition) is 1. The summed E-state index contributed by atoms with van der Waals surface area (Å²) < 4.78 is 5.09. The fraction of sp³-hybridized carbons (Fsp3) is 0.143. The Morgan fingerprint density at radius 2 is 2.42 bits per heavy atom. The van der Waals surface area contributed by atoms with Gasteiger partial charge in [-0.3, -0.25) is 0 Å². The number of oxazole rings is 1. The lowest BCUT2D eigenvalue weighted by Crippen LogP contribution is -1.80. The summed E-state index contributed by atoms with van der Waals surface area (Å²) in [7, 11) is 1.85. The zero-order chi connectivity index (χ0) is 8.39. The van der Waals surface area contributed by atoms with Crippen molar-refractivity contribution in [2.45, 2.75) is 0 Å². The monoisotopic (exact) mass is 181 g/mol. The van der Waals surface area contributed by atoms with E-state index in [4.69, 9.17) is 4.42 Å². The Bertz CT molecular complexity index is 354. The molecule has 0 aliphatic carbocycles. The van der Waals surface area contributed by atoms with Gasteiger partial charge in [0, 0.05) is 7.05 Å². The molecule has 5 heteroatoms. The lowest BCUT2D eigenvalue weighted by atomic mass is 10.7. The van der Waals surface area contributed by atoms with E-state index >= 15 is 0 Å². The topological polar surface area (TPSA) is 51.0 Å². The summed E-state index contributed by atoms with van der Waals surface area (Å²) >= 11 is 1.51. The van der Waals surface area contributed by atoms with Gasteiger partial charge in [-0.1, -0.05) is 11.3 Å². The van der Waals surface area contributed by atoms with Gasteiger partial charge in [0.15, 0.2) is 5.01 Å². The summed E-state index contributed by atoms with van der Waals surface area (Å²) in [5.41, 5.74) is 0. The minimum atomic E-state index is 0.571. The largest absolute Gasteiger partial charge is 0.443 e. The molecule has 0 spiro atoms. The van der Waals surface area contributed by atoms with E-state index in [0.717, 1.165) is 10.0 Å². The van der Waals surface area contributed by atoms with Gasteiger partial charge in [0.2, 0.25) is 0 Å². The van der Waals surface area contributed by atoms with Crippen LogP contribution in [0.2, 0.25) is 0 Å². The van der Waals surface area contributed by atoms with Crippen LogP contribution in [-0.2, 0) is 0 Å². The van der Waals surface area contributed by atoms with Crippen LogP contribution in [0.15, 0.2) is 23.1 Å². The molecular weight excluding hydrogens is 174 g/mol. The van der Waals surface area contributed by atoms with Crippen LogP contribution in [0.4, 0.5) is 5.00 Å². The molecule has 4 nitrogen and oxygen atoms in total. The molecule has 0 fully saturated rings. The molecule has 2 heterocycles. The molecule has 0 saturated carbocycles. The molecule has 0 aliphatic heterocycles. The van der Waals surface area contributed by atoms with Gasteiger partial charge in [-0.25, -0.2) is 9.97 Å². The van der Waals surface area contributed by atoms with Gasteiger partial charge >= 0.3 is 0 Å². The Balaban J connectivity index is 2.35. The first kappa shape index (κ1) is 7.30. The van der Waals surface area contributed by atoms with Gasteiger partial charge in [0.05, 0.1) is 12.4 Å². The van der Waals surface area contributed by atoms with E-state index < -0.39 is 0 Å². The van der Waals surface area contributed by atoms with E-state index in [-0.39, 0.29) is 0 Å². The molecule has 2 aromatic rings. The predicted molar refractivity (Wildman–Crippen MR) is 47.2 cm³/mol. The molecule has 2 aromatic heterocycles. The van der Waals surface area contributed by atoms with Gasteiger partial charge in [-0.15, -0.1) is 0 Å². The third kappa shape index (κ3) is 1.18.